The van der Waals surface area contributed by atoms with Crippen LogP contribution in [-0.4, -0.2) is 12.1 Å². The van der Waals surface area contributed by atoms with Gasteiger partial charge >= 0.3 is 0 Å². The molecule has 0 bridgehead atoms. The van der Waals surface area contributed by atoms with Crippen LogP contribution < -0.4 is 16.0 Å². The third kappa shape index (κ3) is 3.12. The molecule has 2 rings (SSSR count). The first-order valence-corrected chi connectivity index (χ1v) is 6.67. The number of nitrogens with two attached hydrogens (primary N) is 1. The van der Waals surface area contributed by atoms with E-state index in [2.05, 4.69) is 26.3 Å². The third-order valence-electron chi connectivity index (χ3n) is 2.94. The molecular formula is C14H16BrN3O. The van der Waals surface area contributed by atoms with Gasteiger partial charge in [0, 0.05) is 21.9 Å². The van der Waals surface area contributed by atoms with E-state index in [4.69, 9.17) is 10.6 Å². The second-order valence-corrected chi connectivity index (χ2v) is 5.13. The predicted molar refractivity (Wildman–Crippen MR) is 78.8 cm³/mol. The summed E-state index contributed by atoms with van der Waals surface area (Å²) in [4.78, 5) is 4.30. The number of hydrogen-bond donors (Lipinski definition) is 2. The highest BCUT2D eigenvalue weighted by Crippen LogP contribution is 2.31. The van der Waals surface area contributed by atoms with Gasteiger partial charge in [-0.2, -0.15) is 0 Å². The summed E-state index contributed by atoms with van der Waals surface area (Å²) in [5.41, 5.74) is 5.75. The van der Waals surface area contributed by atoms with E-state index in [9.17, 15) is 0 Å². The molecule has 3 N–H and O–H groups in total. The Kier molecular flexibility index (Phi) is 4.52. The maximum atomic E-state index is 5.69. The highest BCUT2D eigenvalue weighted by molar-refractivity contribution is 9.10. The van der Waals surface area contributed by atoms with E-state index >= 15 is 0 Å². The van der Waals surface area contributed by atoms with E-state index < -0.39 is 0 Å². The molecule has 0 saturated heterocycles. The Morgan fingerprint density at radius 2 is 2.11 bits per heavy atom. The molecular weight excluding hydrogens is 306 g/mol. The van der Waals surface area contributed by atoms with Crippen LogP contribution in [0.15, 0.2) is 41.0 Å². The molecule has 100 valence electrons. The summed E-state index contributed by atoms with van der Waals surface area (Å²) >= 11 is 3.43. The number of rotatable bonds is 4. The molecule has 1 heterocycles. The van der Waals surface area contributed by atoms with Gasteiger partial charge in [0.25, 0.3) is 0 Å². The second-order valence-electron chi connectivity index (χ2n) is 4.22. The molecule has 1 aromatic carbocycles. The fraction of sp³-hybridized carbons (Fsp3) is 0.214. The van der Waals surface area contributed by atoms with Crippen molar-refractivity contribution in [3.63, 3.8) is 0 Å². The average molecular weight is 322 g/mol. The number of aryl methyl sites for hydroxylation is 1. The summed E-state index contributed by atoms with van der Waals surface area (Å²) < 4.78 is 6.37. The van der Waals surface area contributed by atoms with Crippen LogP contribution in [0.2, 0.25) is 0 Å². The Bertz CT molecular complexity index is 557. The van der Waals surface area contributed by atoms with Crippen molar-refractivity contribution in [3.8, 4) is 5.75 Å². The Morgan fingerprint density at radius 1 is 1.32 bits per heavy atom. The topological polar surface area (TPSA) is 60.2 Å². The molecule has 1 unspecified atom stereocenters. The van der Waals surface area contributed by atoms with Gasteiger partial charge in [-0.15, -0.1) is 0 Å². The van der Waals surface area contributed by atoms with Crippen molar-refractivity contribution in [3.05, 3.63) is 57.8 Å². The van der Waals surface area contributed by atoms with Crippen LogP contribution >= 0.6 is 15.9 Å². The minimum atomic E-state index is -0.156. The molecule has 0 radical (unpaired) electrons. The summed E-state index contributed by atoms with van der Waals surface area (Å²) in [5.74, 6) is 6.47. The number of pyridine rings is 1. The number of hydrazine groups is 1. The summed E-state index contributed by atoms with van der Waals surface area (Å²) in [6, 6.07) is 9.67. The zero-order chi connectivity index (χ0) is 13.8. The molecule has 0 saturated carbocycles. The summed E-state index contributed by atoms with van der Waals surface area (Å²) in [5, 5.41) is 0. The van der Waals surface area contributed by atoms with Crippen molar-refractivity contribution in [2.24, 2.45) is 5.84 Å². The molecule has 0 aliphatic heterocycles. The highest BCUT2D eigenvalue weighted by Gasteiger charge is 2.17. The first kappa shape index (κ1) is 14.0. The largest absolute Gasteiger partial charge is 0.496 e. The van der Waals surface area contributed by atoms with Gasteiger partial charge in [-0.25, -0.2) is 5.43 Å². The maximum absolute atomic E-state index is 5.69. The molecule has 0 spiro atoms. The number of halogens is 1. The van der Waals surface area contributed by atoms with Crippen molar-refractivity contribution < 1.29 is 4.74 Å². The van der Waals surface area contributed by atoms with E-state index in [0.717, 1.165) is 27.0 Å². The standard InChI is InChI=1S/C14H16BrN3O/c1-9-3-4-10(8-17-9)14(18-16)12-6-5-11(15)7-13(12)19-2/h3-8,14,18H,16H2,1-2H3. The van der Waals surface area contributed by atoms with Crippen LogP contribution in [0.25, 0.3) is 0 Å². The second kappa shape index (κ2) is 6.14. The van der Waals surface area contributed by atoms with E-state index in [-0.39, 0.29) is 6.04 Å². The summed E-state index contributed by atoms with van der Waals surface area (Å²) in [6.45, 7) is 1.95. The highest BCUT2D eigenvalue weighted by atomic mass is 79.9. The summed E-state index contributed by atoms with van der Waals surface area (Å²) in [7, 11) is 1.65. The van der Waals surface area contributed by atoms with Crippen molar-refractivity contribution in [2.45, 2.75) is 13.0 Å². The fourth-order valence-electron chi connectivity index (χ4n) is 1.94. The number of ether oxygens (including phenoxy) is 1. The van der Waals surface area contributed by atoms with Gasteiger partial charge < -0.3 is 4.74 Å². The SMILES string of the molecule is COc1cc(Br)ccc1C(NN)c1ccc(C)nc1. The normalized spacial score (nSPS) is 12.2. The lowest BCUT2D eigenvalue weighted by Gasteiger charge is -2.19. The Morgan fingerprint density at radius 3 is 2.68 bits per heavy atom. The smallest absolute Gasteiger partial charge is 0.125 e. The average Bonchev–Trinajstić information content (AvgIpc) is 2.43. The van der Waals surface area contributed by atoms with Gasteiger partial charge in [0.1, 0.15) is 5.75 Å². The first-order valence-electron chi connectivity index (χ1n) is 5.88. The Labute approximate surface area is 121 Å². The van der Waals surface area contributed by atoms with Gasteiger partial charge in [-0.1, -0.05) is 28.1 Å². The van der Waals surface area contributed by atoms with Crippen molar-refractivity contribution in [1.29, 1.82) is 0 Å². The zero-order valence-electron chi connectivity index (χ0n) is 10.9. The van der Waals surface area contributed by atoms with E-state index in [1.165, 1.54) is 0 Å². The molecule has 0 aliphatic carbocycles. The zero-order valence-corrected chi connectivity index (χ0v) is 12.4. The minimum absolute atomic E-state index is 0.156. The third-order valence-corrected chi connectivity index (χ3v) is 3.43. The monoisotopic (exact) mass is 321 g/mol. The lowest BCUT2D eigenvalue weighted by atomic mass is 9.99. The molecule has 2 aromatic rings. The van der Waals surface area contributed by atoms with Gasteiger partial charge in [-0.05, 0) is 30.7 Å². The van der Waals surface area contributed by atoms with Crippen molar-refractivity contribution >= 4 is 15.9 Å². The lowest BCUT2D eigenvalue weighted by Crippen LogP contribution is -2.29. The fourth-order valence-corrected chi connectivity index (χ4v) is 2.28. The number of nitrogens with one attached hydrogen (secondary N) is 1. The number of benzene rings is 1. The number of methoxy groups -OCH3 is 1. The molecule has 5 heteroatoms. The number of nitrogens with zero attached hydrogens (tertiary/aromatic N) is 1. The maximum Gasteiger partial charge on any atom is 0.125 e. The molecule has 1 atom stereocenters. The molecule has 0 fully saturated rings. The van der Waals surface area contributed by atoms with Crippen LogP contribution in [0.1, 0.15) is 22.9 Å². The molecule has 1 aromatic heterocycles. The minimum Gasteiger partial charge on any atom is -0.496 e. The molecule has 4 nitrogen and oxygen atoms in total. The summed E-state index contributed by atoms with van der Waals surface area (Å²) in [6.07, 6.45) is 1.82. The van der Waals surface area contributed by atoms with Gasteiger partial charge in [0.2, 0.25) is 0 Å². The van der Waals surface area contributed by atoms with Crippen LogP contribution in [0, 0.1) is 6.92 Å². The Hall–Kier alpha value is -1.43. The number of hydrogen-bond acceptors (Lipinski definition) is 4. The van der Waals surface area contributed by atoms with Gasteiger partial charge in [0.05, 0.1) is 13.2 Å². The van der Waals surface area contributed by atoms with Crippen LogP contribution in [0.4, 0.5) is 0 Å². The van der Waals surface area contributed by atoms with Crippen LogP contribution in [-0.2, 0) is 0 Å². The van der Waals surface area contributed by atoms with E-state index in [0.29, 0.717) is 0 Å². The first-order chi connectivity index (χ1) is 9.15. The van der Waals surface area contributed by atoms with Crippen molar-refractivity contribution in [1.82, 2.24) is 10.4 Å². The Balaban J connectivity index is 2.44. The van der Waals surface area contributed by atoms with E-state index in [1.807, 2.05) is 43.5 Å². The number of aromatic nitrogens is 1. The van der Waals surface area contributed by atoms with Crippen LogP contribution in [0.5, 0.6) is 5.75 Å². The predicted octanol–water partition coefficient (Wildman–Crippen LogP) is 2.71. The van der Waals surface area contributed by atoms with Gasteiger partial charge in [-0.3, -0.25) is 10.8 Å². The molecule has 0 amide bonds. The van der Waals surface area contributed by atoms with Gasteiger partial charge in [0.15, 0.2) is 0 Å². The van der Waals surface area contributed by atoms with E-state index in [1.54, 1.807) is 7.11 Å². The molecule has 19 heavy (non-hydrogen) atoms. The quantitative estimate of drug-likeness (QED) is 0.671. The molecule has 0 aliphatic rings. The van der Waals surface area contributed by atoms with Crippen LogP contribution in [0.3, 0.4) is 0 Å². The van der Waals surface area contributed by atoms with Crippen molar-refractivity contribution in [2.75, 3.05) is 7.11 Å². The lowest BCUT2D eigenvalue weighted by molar-refractivity contribution is 0.404.